The van der Waals surface area contributed by atoms with E-state index in [9.17, 15) is 4.79 Å². The number of hydrogen-bond acceptors (Lipinski definition) is 6. The van der Waals surface area contributed by atoms with Crippen LogP contribution in [-0.4, -0.2) is 53.7 Å². The lowest BCUT2D eigenvalue weighted by Crippen LogP contribution is -2.46. The van der Waals surface area contributed by atoms with E-state index >= 15 is 0 Å². The number of benzene rings is 3. The van der Waals surface area contributed by atoms with Gasteiger partial charge in [-0.05, 0) is 67.4 Å². The summed E-state index contributed by atoms with van der Waals surface area (Å²) < 4.78 is 5.72. The summed E-state index contributed by atoms with van der Waals surface area (Å²) >= 11 is 0. The van der Waals surface area contributed by atoms with Crippen LogP contribution in [0.4, 0.5) is 16.2 Å². The van der Waals surface area contributed by atoms with E-state index in [0.717, 1.165) is 60.7 Å². The fraction of sp³-hybridized carbons (Fsp3) is 0.276. The van der Waals surface area contributed by atoms with Gasteiger partial charge in [-0.1, -0.05) is 31.2 Å². The topological polar surface area (TPSA) is 70.6 Å². The van der Waals surface area contributed by atoms with Crippen molar-refractivity contribution < 1.29 is 9.53 Å². The Morgan fingerprint density at radius 2 is 1.61 bits per heavy atom. The van der Waals surface area contributed by atoms with Gasteiger partial charge in [-0.3, -0.25) is 10.3 Å². The molecule has 0 unspecified atom stereocenters. The van der Waals surface area contributed by atoms with Crippen LogP contribution in [0.2, 0.25) is 0 Å². The maximum absolute atomic E-state index is 12.9. The predicted molar refractivity (Wildman–Crippen MR) is 145 cm³/mol. The van der Waals surface area contributed by atoms with Crippen molar-refractivity contribution in [2.75, 3.05) is 42.9 Å². The summed E-state index contributed by atoms with van der Waals surface area (Å²) in [4.78, 5) is 26.7. The Labute approximate surface area is 211 Å². The molecule has 7 nitrogen and oxygen atoms in total. The third-order valence-electron chi connectivity index (χ3n) is 6.82. The molecule has 7 heteroatoms. The van der Waals surface area contributed by atoms with Crippen molar-refractivity contribution in [3.8, 4) is 16.9 Å². The minimum Gasteiger partial charge on any atom is -0.408 e. The largest absolute Gasteiger partial charge is 0.417 e. The Balaban J connectivity index is 1.36. The molecule has 0 atom stereocenters. The third kappa shape index (κ3) is 4.88. The summed E-state index contributed by atoms with van der Waals surface area (Å²) in [5.41, 5.74) is 7.45. The number of rotatable bonds is 5. The summed E-state index contributed by atoms with van der Waals surface area (Å²) in [5.74, 6) is 0.373. The number of aromatic nitrogens is 2. The van der Waals surface area contributed by atoms with Gasteiger partial charge in [-0.25, -0.2) is 9.78 Å². The maximum atomic E-state index is 12.9. The number of nitrogens with zero attached hydrogens (tertiary/aromatic N) is 4. The van der Waals surface area contributed by atoms with Crippen molar-refractivity contribution in [3.63, 3.8) is 0 Å². The lowest BCUT2D eigenvalue weighted by Gasteiger charge is -2.35. The van der Waals surface area contributed by atoms with Gasteiger partial charge in [-0.2, -0.15) is 0 Å². The zero-order chi connectivity index (χ0) is 25.1. The summed E-state index contributed by atoms with van der Waals surface area (Å²) in [5, 5.41) is 2.87. The minimum absolute atomic E-state index is 0.373. The number of ether oxygens (including phenoxy) is 1. The summed E-state index contributed by atoms with van der Waals surface area (Å²) in [6, 6.07) is 17.8. The molecule has 1 aliphatic rings. The van der Waals surface area contributed by atoms with Crippen LogP contribution in [0, 0.1) is 13.8 Å². The average molecular weight is 482 g/mol. The van der Waals surface area contributed by atoms with E-state index in [1.807, 2.05) is 30.3 Å². The van der Waals surface area contributed by atoms with Crippen molar-refractivity contribution >= 4 is 28.5 Å². The Morgan fingerprint density at radius 3 is 2.33 bits per heavy atom. The molecule has 1 amide bonds. The first-order valence-electron chi connectivity index (χ1n) is 12.4. The first-order valence-corrected chi connectivity index (χ1v) is 12.4. The monoisotopic (exact) mass is 481 g/mol. The number of likely N-dealkylation sites (N-methyl/N-ethyl adjacent to an activating group) is 1. The van der Waals surface area contributed by atoms with Crippen LogP contribution in [0.15, 0.2) is 67.0 Å². The number of hydrogen-bond donors (Lipinski definition) is 1. The predicted octanol–water partition coefficient (Wildman–Crippen LogP) is 5.67. The highest BCUT2D eigenvalue weighted by Crippen LogP contribution is 2.35. The average Bonchev–Trinajstić information content (AvgIpc) is 2.90. The number of fused-ring (bicyclic) bond motifs is 1. The zero-order valence-corrected chi connectivity index (χ0v) is 21.0. The molecule has 184 valence electrons. The lowest BCUT2D eigenvalue weighted by atomic mass is 9.94. The fourth-order valence-electron chi connectivity index (χ4n) is 4.90. The molecule has 0 aliphatic carbocycles. The smallest absolute Gasteiger partial charge is 0.408 e. The van der Waals surface area contributed by atoms with Crippen molar-refractivity contribution in [1.82, 2.24) is 14.9 Å². The van der Waals surface area contributed by atoms with Crippen LogP contribution >= 0.6 is 0 Å². The van der Waals surface area contributed by atoms with Gasteiger partial charge in [0.2, 0.25) is 0 Å². The molecule has 0 saturated carbocycles. The van der Waals surface area contributed by atoms with Crippen molar-refractivity contribution in [2.24, 2.45) is 0 Å². The SMILES string of the molecule is CCN1CCN(c2cccc(NC(=O)Oc3ccc(-c4c(C)cccc4C)c4nccnc34)c2)CC1. The Bertz CT molecular complexity index is 1380. The van der Waals surface area contributed by atoms with Gasteiger partial charge < -0.3 is 14.5 Å². The van der Waals surface area contributed by atoms with E-state index in [-0.39, 0.29) is 0 Å². The summed E-state index contributed by atoms with van der Waals surface area (Å²) in [7, 11) is 0. The second-order valence-corrected chi connectivity index (χ2v) is 9.12. The van der Waals surface area contributed by atoms with E-state index in [0.29, 0.717) is 22.5 Å². The molecule has 1 N–H and O–H groups in total. The number of amides is 1. The number of nitrogens with one attached hydrogen (secondary N) is 1. The summed E-state index contributed by atoms with van der Waals surface area (Å²) in [6.07, 6.45) is 2.72. The molecule has 2 heterocycles. The number of carbonyl (C=O) groups is 1. The van der Waals surface area contributed by atoms with Gasteiger partial charge in [-0.15, -0.1) is 0 Å². The van der Waals surface area contributed by atoms with Crippen LogP contribution < -0.4 is 15.0 Å². The molecule has 1 aromatic heterocycles. The highest BCUT2D eigenvalue weighted by molar-refractivity contribution is 5.98. The number of aryl methyl sites for hydroxylation is 2. The van der Waals surface area contributed by atoms with Gasteiger partial charge in [0.05, 0.1) is 0 Å². The zero-order valence-electron chi connectivity index (χ0n) is 21.0. The van der Waals surface area contributed by atoms with Gasteiger partial charge in [0.1, 0.15) is 11.0 Å². The van der Waals surface area contributed by atoms with Crippen molar-refractivity contribution in [1.29, 1.82) is 0 Å². The van der Waals surface area contributed by atoms with Crippen molar-refractivity contribution in [2.45, 2.75) is 20.8 Å². The molecule has 1 fully saturated rings. The third-order valence-corrected chi connectivity index (χ3v) is 6.82. The van der Waals surface area contributed by atoms with Gasteiger partial charge in [0.25, 0.3) is 0 Å². The molecule has 5 rings (SSSR count). The van der Waals surface area contributed by atoms with E-state index < -0.39 is 6.09 Å². The van der Waals surface area contributed by atoms with Gasteiger partial charge in [0, 0.05) is 55.5 Å². The molecule has 1 saturated heterocycles. The van der Waals surface area contributed by atoms with Crippen LogP contribution in [0.3, 0.4) is 0 Å². The Morgan fingerprint density at radius 1 is 0.917 bits per heavy atom. The fourth-order valence-corrected chi connectivity index (χ4v) is 4.90. The molecule has 4 aromatic rings. The molecule has 0 bridgehead atoms. The maximum Gasteiger partial charge on any atom is 0.417 e. The number of anilines is 2. The van der Waals surface area contributed by atoms with Gasteiger partial charge >= 0.3 is 6.09 Å². The Kier molecular flexibility index (Phi) is 6.82. The molecular weight excluding hydrogens is 450 g/mol. The second kappa shape index (κ2) is 10.3. The first kappa shape index (κ1) is 23.8. The normalized spacial score (nSPS) is 14.1. The summed E-state index contributed by atoms with van der Waals surface area (Å²) in [6.45, 7) is 11.5. The quantitative estimate of drug-likeness (QED) is 0.396. The standard InChI is InChI=1S/C29H31N5O2/c1-4-33-15-17-34(18-16-33)23-10-6-9-22(19-23)32-29(35)36-25-12-11-24(27-28(25)31-14-13-30-27)26-20(2)7-5-8-21(26)3/h5-14,19H,4,15-18H2,1-3H3,(H,32,35). The van der Waals surface area contributed by atoms with E-state index in [2.05, 4.69) is 64.1 Å². The van der Waals surface area contributed by atoms with Gasteiger partial charge in [0.15, 0.2) is 5.75 Å². The molecule has 1 aliphatic heterocycles. The van der Waals surface area contributed by atoms with E-state index in [4.69, 9.17) is 4.74 Å². The second-order valence-electron chi connectivity index (χ2n) is 9.12. The van der Waals surface area contributed by atoms with Crippen LogP contribution in [0.1, 0.15) is 18.1 Å². The van der Waals surface area contributed by atoms with E-state index in [1.165, 1.54) is 0 Å². The molecule has 0 radical (unpaired) electrons. The van der Waals surface area contributed by atoms with Crippen LogP contribution in [-0.2, 0) is 0 Å². The molecule has 0 spiro atoms. The highest BCUT2D eigenvalue weighted by atomic mass is 16.6. The van der Waals surface area contributed by atoms with E-state index in [1.54, 1.807) is 18.5 Å². The molecule has 36 heavy (non-hydrogen) atoms. The Hall–Kier alpha value is -3.97. The highest BCUT2D eigenvalue weighted by Gasteiger charge is 2.18. The van der Waals surface area contributed by atoms with Crippen LogP contribution in [0.25, 0.3) is 22.2 Å². The lowest BCUT2D eigenvalue weighted by molar-refractivity contribution is 0.215. The number of piperazine rings is 1. The first-order chi connectivity index (χ1) is 17.5. The molecule has 3 aromatic carbocycles. The number of carbonyl (C=O) groups excluding carboxylic acids is 1. The van der Waals surface area contributed by atoms with Crippen LogP contribution in [0.5, 0.6) is 5.75 Å². The minimum atomic E-state index is -0.560. The van der Waals surface area contributed by atoms with Crippen molar-refractivity contribution in [3.05, 3.63) is 78.1 Å². The molecular formula is C29H31N5O2.